The number of benzene rings is 1. The fourth-order valence-corrected chi connectivity index (χ4v) is 4.03. The third-order valence-corrected chi connectivity index (χ3v) is 5.73. The molecule has 0 unspecified atom stereocenters. The Morgan fingerprint density at radius 1 is 1.30 bits per heavy atom. The molecule has 150 valence electrons. The number of guanidine groups is 1. The minimum Gasteiger partial charge on any atom is -0.357 e. The molecule has 1 aliphatic heterocycles. The van der Waals surface area contributed by atoms with Gasteiger partial charge in [-0.1, -0.05) is 26.0 Å². The van der Waals surface area contributed by atoms with Crippen molar-refractivity contribution in [2.75, 3.05) is 32.7 Å². The number of piperidine rings is 1. The molecule has 1 aliphatic carbocycles. The fraction of sp³-hybridized carbons (Fsp3) is 0.682. The van der Waals surface area contributed by atoms with E-state index < -0.39 is 0 Å². The minimum atomic E-state index is -0.152. The molecule has 2 fully saturated rings. The maximum atomic E-state index is 13.6. The van der Waals surface area contributed by atoms with Gasteiger partial charge in [0.15, 0.2) is 5.96 Å². The van der Waals surface area contributed by atoms with Crippen LogP contribution in [0.1, 0.15) is 52.0 Å². The van der Waals surface area contributed by atoms with Gasteiger partial charge in [-0.25, -0.2) is 4.39 Å². The molecule has 0 atom stereocenters. The molecule has 1 aromatic carbocycles. The lowest BCUT2D eigenvalue weighted by atomic mass is 9.96. The summed E-state index contributed by atoms with van der Waals surface area (Å²) in [5, 5.41) is 7.02. The van der Waals surface area contributed by atoms with E-state index >= 15 is 0 Å². The molecule has 0 radical (unpaired) electrons. The highest BCUT2D eigenvalue weighted by Gasteiger charge is 2.44. The number of rotatable bonds is 7. The van der Waals surface area contributed by atoms with Crippen molar-refractivity contribution in [3.63, 3.8) is 0 Å². The molecule has 0 bridgehead atoms. The summed E-state index contributed by atoms with van der Waals surface area (Å²) < 4.78 is 13.6. The maximum absolute atomic E-state index is 13.6. The molecule has 1 aromatic rings. The van der Waals surface area contributed by atoms with Crippen LogP contribution in [0.4, 0.5) is 4.39 Å². The maximum Gasteiger partial charge on any atom is 0.191 e. The normalized spacial score (nSPS) is 20.7. The van der Waals surface area contributed by atoms with Gasteiger partial charge in [0.1, 0.15) is 5.82 Å². The van der Waals surface area contributed by atoms with Crippen molar-refractivity contribution in [2.45, 2.75) is 57.9 Å². The van der Waals surface area contributed by atoms with Gasteiger partial charge >= 0.3 is 0 Å². The van der Waals surface area contributed by atoms with Crippen molar-refractivity contribution in [2.24, 2.45) is 10.9 Å². The Kier molecular flexibility index (Phi) is 6.74. The topological polar surface area (TPSA) is 39.7 Å². The van der Waals surface area contributed by atoms with Gasteiger partial charge in [0, 0.05) is 37.6 Å². The quantitative estimate of drug-likeness (QED) is 0.566. The largest absolute Gasteiger partial charge is 0.357 e. The number of hydrogen-bond acceptors (Lipinski definition) is 2. The zero-order chi connectivity index (χ0) is 19.3. The van der Waals surface area contributed by atoms with E-state index in [1.165, 1.54) is 12.6 Å². The molecule has 2 aliphatic rings. The number of halogens is 1. The Bertz CT molecular complexity index is 631. The average Bonchev–Trinajstić information content (AvgIpc) is 3.42. The standard InChI is InChI=1S/C22H35FN4/c1-4-24-21(26-20-8-12-27(13-9-20)15-17(2)3)25-16-22(10-11-22)18-6-5-7-19(23)14-18/h5-7,14,17,20H,4,8-13,15-16H2,1-3H3,(H2,24,25,26). The first-order chi connectivity index (χ1) is 13.0. The molecule has 0 spiro atoms. The van der Waals surface area contributed by atoms with Crippen molar-refractivity contribution in [1.82, 2.24) is 15.5 Å². The van der Waals surface area contributed by atoms with Crippen LogP contribution in [0.2, 0.25) is 0 Å². The van der Waals surface area contributed by atoms with Crippen LogP contribution in [-0.4, -0.2) is 49.6 Å². The van der Waals surface area contributed by atoms with E-state index in [1.807, 2.05) is 12.1 Å². The van der Waals surface area contributed by atoms with Gasteiger partial charge in [-0.05, 0) is 56.2 Å². The highest BCUT2D eigenvalue weighted by Crippen LogP contribution is 2.48. The highest BCUT2D eigenvalue weighted by atomic mass is 19.1. The smallest absolute Gasteiger partial charge is 0.191 e. The van der Waals surface area contributed by atoms with Crippen LogP contribution < -0.4 is 10.6 Å². The molecule has 3 rings (SSSR count). The van der Waals surface area contributed by atoms with Gasteiger partial charge in [0.2, 0.25) is 0 Å². The van der Waals surface area contributed by atoms with Gasteiger partial charge < -0.3 is 15.5 Å². The summed E-state index contributed by atoms with van der Waals surface area (Å²) in [7, 11) is 0. The second-order valence-electron chi connectivity index (χ2n) is 8.60. The summed E-state index contributed by atoms with van der Waals surface area (Å²) in [6, 6.07) is 7.52. The summed E-state index contributed by atoms with van der Waals surface area (Å²) in [6.07, 6.45) is 4.50. The van der Waals surface area contributed by atoms with Gasteiger partial charge in [-0.15, -0.1) is 0 Å². The van der Waals surface area contributed by atoms with Crippen LogP contribution in [-0.2, 0) is 5.41 Å². The van der Waals surface area contributed by atoms with Gasteiger partial charge in [0.05, 0.1) is 6.54 Å². The Balaban J connectivity index is 1.56. The number of nitrogens with zero attached hydrogens (tertiary/aromatic N) is 2. The van der Waals surface area contributed by atoms with Crippen LogP contribution >= 0.6 is 0 Å². The van der Waals surface area contributed by atoms with Gasteiger partial charge in [0.25, 0.3) is 0 Å². The van der Waals surface area contributed by atoms with E-state index in [9.17, 15) is 4.39 Å². The van der Waals surface area contributed by atoms with Gasteiger partial charge in [-0.3, -0.25) is 4.99 Å². The molecule has 4 nitrogen and oxygen atoms in total. The van der Waals surface area contributed by atoms with Crippen molar-refractivity contribution in [3.05, 3.63) is 35.6 Å². The van der Waals surface area contributed by atoms with E-state index in [2.05, 4.69) is 36.3 Å². The molecular formula is C22H35FN4. The molecular weight excluding hydrogens is 339 g/mol. The predicted molar refractivity (Wildman–Crippen MR) is 111 cm³/mol. The first-order valence-corrected chi connectivity index (χ1v) is 10.5. The third-order valence-electron chi connectivity index (χ3n) is 5.73. The zero-order valence-corrected chi connectivity index (χ0v) is 17.1. The van der Waals surface area contributed by atoms with Crippen LogP contribution in [0.5, 0.6) is 0 Å². The lowest BCUT2D eigenvalue weighted by Crippen LogP contribution is -2.49. The van der Waals surface area contributed by atoms with Gasteiger partial charge in [-0.2, -0.15) is 0 Å². The summed E-state index contributed by atoms with van der Waals surface area (Å²) in [5.74, 6) is 1.48. The zero-order valence-electron chi connectivity index (χ0n) is 17.1. The fourth-order valence-electron chi connectivity index (χ4n) is 4.03. The first-order valence-electron chi connectivity index (χ1n) is 10.5. The number of nitrogens with one attached hydrogen (secondary N) is 2. The molecule has 1 saturated heterocycles. The van der Waals surface area contributed by atoms with E-state index in [0.717, 1.165) is 69.3 Å². The summed E-state index contributed by atoms with van der Waals surface area (Å²) in [6.45, 7) is 11.7. The Morgan fingerprint density at radius 3 is 2.63 bits per heavy atom. The lowest BCUT2D eigenvalue weighted by molar-refractivity contribution is 0.187. The number of hydrogen-bond donors (Lipinski definition) is 2. The second-order valence-corrected chi connectivity index (χ2v) is 8.60. The van der Waals surface area contributed by atoms with E-state index in [0.29, 0.717) is 6.04 Å². The monoisotopic (exact) mass is 374 g/mol. The van der Waals surface area contributed by atoms with Crippen molar-refractivity contribution in [1.29, 1.82) is 0 Å². The van der Waals surface area contributed by atoms with Crippen molar-refractivity contribution in [3.8, 4) is 0 Å². The molecule has 1 saturated carbocycles. The Hall–Kier alpha value is -1.62. The van der Waals surface area contributed by atoms with Crippen molar-refractivity contribution >= 4 is 5.96 Å². The second kappa shape index (κ2) is 9.05. The summed E-state index contributed by atoms with van der Waals surface area (Å²) in [4.78, 5) is 7.44. The SMILES string of the molecule is CCNC(=NCC1(c2cccc(F)c2)CC1)NC1CCN(CC(C)C)CC1. The molecule has 1 heterocycles. The van der Waals surface area contributed by atoms with Crippen LogP contribution in [0.25, 0.3) is 0 Å². The number of likely N-dealkylation sites (tertiary alicyclic amines) is 1. The van der Waals surface area contributed by atoms with Crippen LogP contribution in [0.3, 0.4) is 0 Å². The summed E-state index contributed by atoms with van der Waals surface area (Å²) >= 11 is 0. The Morgan fingerprint density at radius 2 is 2.04 bits per heavy atom. The van der Waals surface area contributed by atoms with E-state index in [1.54, 1.807) is 6.07 Å². The number of aliphatic imine (C=N–C) groups is 1. The minimum absolute atomic E-state index is 0.0328. The first kappa shape index (κ1) is 20.1. The van der Waals surface area contributed by atoms with Crippen LogP contribution in [0, 0.1) is 11.7 Å². The summed E-state index contributed by atoms with van der Waals surface area (Å²) in [5.41, 5.74) is 1.12. The third kappa shape index (κ3) is 5.68. The van der Waals surface area contributed by atoms with Crippen molar-refractivity contribution < 1.29 is 4.39 Å². The molecule has 0 aromatic heterocycles. The van der Waals surface area contributed by atoms with E-state index in [4.69, 9.17) is 4.99 Å². The highest BCUT2D eigenvalue weighted by molar-refractivity contribution is 5.80. The predicted octanol–water partition coefficient (Wildman–Crippen LogP) is 3.53. The average molecular weight is 375 g/mol. The Labute approximate surface area is 163 Å². The molecule has 27 heavy (non-hydrogen) atoms. The molecule has 0 amide bonds. The molecule has 2 N–H and O–H groups in total. The van der Waals surface area contributed by atoms with E-state index in [-0.39, 0.29) is 11.2 Å². The molecule has 5 heteroatoms. The lowest BCUT2D eigenvalue weighted by Gasteiger charge is -2.34. The van der Waals surface area contributed by atoms with Crippen LogP contribution in [0.15, 0.2) is 29.3 Å².